The molecule has 0 spiro atoms. The maximum Gasteiger partial charge on any atom is 0.254 e. The Kier molecular flexibility index (Phi) is 4.90. The number of aromatic nitrogens is 1. The van der Waals surface area contributed by atoms with Crippen molar-refractivity contribution >= 4 is 28.1 Å². The zero-order valence-electron chi connectivity index (χ0n) is 12.8. The number of carbonyl (C=O) groups excluding carboxylic acids is 1. The lowest BCUT2D eigenvalue weighted by Crippen LogP contribution is -2.16. The van der Waals surface area contributed by atoms with Gasteiger partial charge in [-0.15, -0.1) is 11.3 Å². The molecule has 1 heterocycles. The minimum absolute atomic E-state index is 0.0340. The van der Waals surface area contributed by atoms with E-state index in [9.17, 15) is 13.6 Å². The Labute approximate surface area is 146 Å². The predicted octanol–water partition coefficient (Wildman–Crippen LogP) is 3.84. The highest BCUT2D eigenvalue weighted by atomic mass is 32.1. The topological polar surface area (TPSA) is 77.2 Å². The van der Waals surface area contributed by atoms with Crippen LogP contribution in [0.1, 0.15) is 16.1 Å². The monoisotopic (exact) mass is 361 g/mol. The van der Waals surface area contributed by atoms with E-state index in [1.807, 2.05) is 30.3 Å². The van der Waals surface area contributed by atoms with Crippen LogP contribution in [0.4, 0.5) is 19.6 Å². The van der Waals surface area contributed by atoms with E-state index in [-0.39, 0.29) is 12.4 Å². The molecule has 0 aliphatic rings. The molecule has 3 N–H and O–H groups in total. The Balaban J connectivity index is 1.69. The third-order valence-electron chi connectivity index (χ3n) is 3.25. The number of hydrogen-bond acceptors (Lipinski definition) is 5. The van der Waals surface area contributed by atoms with Gasteiger partial charge >= 0.3 is 0 Å². The average molecular weight is 361 g/mol. The molecule has 2 aromatic carbocycles. The minimum Gasteiger partial charge on any atom is -0.484 e. The number of para-hydroxylation sites is 1. The summed E-state index contributed by atoms with van der Waals surface area (Å²) in [7, 11) is 0. The van der Waals surface area contributed by atoms with Crippen LogP contribution < -0.4 is 15.8 Å². The standard InChI is InChI=1S/C17H13F2N3O2S/c18-12-6-7-13(15(19)14(12)16(20)23)24-8-11-9-25-17(22-11)21-10-4-2-1-3-5-10/h1-7,9H,8H2,(H2,20,23)(H,21,22). The summed E-state index contributed by atoms with van der Waals surface area (Å²) in [6, 6.07) is 11.5. The molecule has 1 aromatic heterocycles. The number of ether oxygens (including phenoxy) is 1. The first-order valence-electron chi connectivity index (χ1n) is 7.21. The molecule has 5 nitrogen and oxygen atoms in total. The first-order valence-corrected chi connectivity index (χ1v) is 8.09. The molecule has 8 heteroatoms. The summed E-state index contributed by atoms with van der Waals surface area (Å²) in [6.45, 7) is -0.0340. The molecule has 128 valence electrons. The lowest BCUT2D eigenvalue weighted by molar-refractivity contribution is 0.0991. The maximum absolute atomic E-state index is 14.1. The van der Waals surface area contributed by atoms with E-state index in [4.69, 9.17) is 10.5 Å². The fourth-order valence-electron chi connectivity index (χ4n) is 2.10. The highest BCUT2D eigenvalue weighted by Crippen LogP contribution is 2.25. The van der Waals surface area contributed by atoms with E-state index in [0.29, 0.717) is 10.8 Å². The van der Waals surface area contributed by atoms with Gasteiger partial charge in [-0.2, -0.15) is 0 Å². The molecule has 0 radical (unpaired) electrons. The summed E-state index contributed by atoms with van der Waals surface area (Å²) in [5.41, 5.74) is 5.61. The van der Waals surface area contributed by atoms with Gasteiger partial charge in [0, 0.05) is 11.1 Å². The maximum atomic E-state index is 14.1. The van der Waals surface area contributed by atoms with Gasteiger partial charge in [-0.25, -0.2) is 13.8 Å². The molecule has 0 atom stereocenters. The molecular weight excluding hydrogens is 348 g/mol. The van der Waals surface area contributed by atoms with Crippen LogP contribution in [0.5, 0.6) is 5.75 Å². The van der Waals surface area contributed by atoms with Gasteiger partial charge in [-0.1, -0.05) is 18.2 Å². The second-order valence-electron chi connectivity index (χ2n) is 5.02. The van der Waals surface area contributed by atoms with E-state index in [0.717, 1.165) is 17.8 Å². The van der Waals surface area contributed by atoms with Crippen LogP contribution in [-0.2, 0) is 6.61 Å². The summed E-state index contributed by atoms with van der Waals surface area (Å²) >= 11 is 1.36. The van der Waals surface area contributed by atoms with Crippen molar-refractivity contribution in [3.8, 4) is 5.75 Å². The van der Waals surface area contributed by atoms with Crippen molar-refractivity contribution in [1.82, 2.24) is 4.98 Å². The number of nitrogens with zero attached hydrogens (tertiary/aromatic N) is 1. The summed E-state index contributed by atoms with van der Waals surface area (Å²) in [5.74, 6) is -3.60. The third-order valence-corrected chi connectivity index (χ3v) is 4.06. The summed E-state index contributed by atoms with van der Waals surface area (Å²) < 4.78 is 32.8. The van der Waals surface area contributed by atoms with Gasteiger partial charge in [0.05, 0.1) is 5.69 Å². The average Bonchev–Trinajstić information content (AvgIpc) is 3.02. The van der Waals surface area contributed by atoms with Crippen molar-refractivity contribution in [3.63, 3.8) is 0 Å². The molecule has 25 heavy (non-hydrogen) atoms. The number of nitrogens with one attached hydrogen (secondary N) is 1. The number of hydrogen-bond donors (Lipinski definition) is 2. The molecule has 0 aliphatic heterocycles. The largest absolute Gasteiger partial charge is 0.484 e. The van der Waals surface area contributed by atoms with Crippen LogP contribution in [0.25, 0.3) is 0 Å². The van der Waals surface area contributed by atoms with Crippen molar-refractivity contribution < 1.29 is 18.3 Å². The van der Waals surface area contributed by atoms with Crippen molar-refractivity contribution in [1.29, 1.82) is 0 Å². The van der Waals surface area contributed by atoms with Gasteiger partial charge in [0.25, 0.3) is 5.91 Å². The highest BCUT2D eigenvalue weighted by Gasteiger charge is 2.19. The Morgan fingerprint density at radius 3 is 2.68 bits per heavy atom. The number of amides is 1. The smallest absolute Gasteiger partial charge is 0.254 e. The van der Waals surface area contributed by atoms with Crippen LogP contribution in [0.2, 0.25) is 0 Å². The zero-order chi connectivity index (χ0) is 17.8. The van der Waals surface area contributed by atoms with Gasteiger partial charge < -0.3 is 15.8 Å². The van der Waals surface area contributed by atoms with E-state index in [2.05, 4.69) is 10.3 Å². The number of rotatable bonds is 6. The predicted molar refractivity (Wildman–Crippen MR) is 91.0 cm³/mol. The van der Waals surface area contributed by atoms with Gasteiger partial charge in [-0.3, -0.25) is 4.79 Å². The van der Waals surface area contributed by atoms with Crippen LogP contribution >= 0.6 is 11.3 Å². The Hall–Kier alpha value is -3.00. The van der Waals surface area contributed by atoms with Crippen molar-refractivity contribution in [3.05, 3.63) is 70.7 Å². The van der Waals surface area contributed by atoms with E-state index in [1.54, 1.807) is 5.38 Å². The molecule has 3 aromatic rings. The van der Waals surface area contributed by atoms with Crippen molar-refractivity contribution in [2.75, 3.05) is 5.32 Å². The quantitative estimate of drug-likeness (QED) is 0.699. The molecule has 0 bridgehead atoms. The number of nitrogens with two attached hydrogens (primary N) is 1. The number of halogens is 2. The Morgan fingerprint density at radius 1 is 1.20 bits per heavy atom. The van der Waals surface area contributed by atoms with E-state index in [1.165, 1.54) is 11.3 Å². The number of primary amides is 1. The first-order chi connectivity index (χ1) is 12.0. The van der Waals surface area contributed by atoms with Crippen LogP contribution in [0.15, 0.2) is 47.8 Å². The first kappa shape index (κ1) is 16.8. The van der Waals surface area contributed by atoms with Gasteiger partial charge in [0.2, 0.25) is 0 Å². The number of carbonyl (C=O) groups is 1. The van der Waals surface area contributed by atoms with Gasteiger partial charge in [0.1, 0.15) is 18.0 Å². The summed E-state index contributed by atoms with van der Waals surface area (Å²) in [6.07, 6.45) is 0. The summed E-state index contributed by atoms with van der Waals surface area (Å²) in [4.78, 5) is 15.4. The Morgan fingerprint density at radius 2 is 1.96 bits per heavy atom. The molecule has 0 aliphatic carbocycles. The fraction of sp³-hybridized carbons (Fsp3) is 0.0588. The second kappa shape index (κ2) is 7.27. The molecule has 0 saturated heterocycles. The normalized spacial score (nSPS) is 10.5. The number of thiazole rings is 1. The minimum atomic E-state index is -1.19. The molecule has 3 rings (SSSR count). The lowest BCUT2D eigenvalue weighted by atomic mass is 10.1. The third kappa shape index (κ3) is 3.92. The molecule has 0 unspecified atom stereocenters. The second-order valence-corrected chi connectivity index (χ2v) is 5.88. The van der Waals surface area contributed by atoms with Gasteiger partial charge in [-0.05, 0) is 24.3 Å². The molecular formula is C17H13F2N3O2S. The Bertz CT molecular complexity index is 900. The van der Waals surface area contributed by atoms with Crippen LogP contribution in [0, 0.1) is 11.6 Å². The molecule has 0 fully saturated rings. The lowest BCUT2D eigenvalue weighted by Gasteiger charge is -2.08. The van der Waals surface area contributed by atoms with E-state index >= 15 is 0 Å². The van der Waals surface area contributed by atoms with E-state index < -0.39 is 23.1 Å². The molecule has 0 saturated carbocycles. The van der Waals surface area contributed by atoms with Crippen molar-refractivity contribution in [2.24, 2.45) is 5.73 Å². The zero-order valence-corrected chi connectivity index (χ0v) is 13.6. The molecule has 1 amide bonds. The van der Waals surface area contributed by atoms with Crippen LogP contribution in [-0.4, -0.2) is 10.9 Å². The van der Waals surface area contributed by atoms with Gasteiger partial charge in [0.15, 0.2) is 16.7 Å². The SMILES string of the molecule is NC(=O)c1c(F)ccc(OCc2csc(Nc3ccccc3)n2)c1F. The number of anilines is 2. The summed E-state index contributed by atoms with van der Waals surface area (Å²) in [5, 5.41) is 5.54. The van der Waals surface area contributed by atoms with Crippen LogP contribution in [0.3, 0.4) is 0 Å². The fourth-order valence-corrected chi connectivity index (χ4v) is 2.81. The number of benzene rings is 2. The van der Waals surface area contributed by atoms with Crippen molar-refractivity contribution in [2.45, 2.75) is 6.61 Å². The highest BCUT2D eigenvalue weighted by molar-refractivity contribution is 7.13.